The number of aliphatic hydroxyl groups is 1. The normalized spacial score (nSPS) is 19.8. The first kappa shape index (κ1) is 11.4. The van der Waals surface area contributed by atoms with Crippen LogP contribution in [-0.4, -0.2) is 17.3 Å². The lowest BCUT2D eigenvalue weighted by Crippen LogP contribution is -2.34. The maximum absolute atomic E-state index is 9.14. The first-order valence-corrected chi connectivity index (χ1v) is 5.71. The van der Waals surface area contributed by atoms with Gasteiger partial charge in [-0.1, -0.05) is 18.2 Å². The quantitative estimate of drug-likeness (QED) is 0.800. The number of rotatable bonds is 2. The lowest BCUT2D eigenvalue weighted by molar-refractivity contribution is 0.0820. The lowest BCUT2D eigenvalue weighted by atomic mass is 9.91. The maximum atomic E-state index is 9.14. The van der Waals surface area contributed by atoms with Gasteiger partial charge in [-0.05, 0) is 32.3 Å². The van der Waals surface area contributed by atoms with Gasteiger partial charge in [0.25, 0.3) is 0 Å². The van der Waals surface area contributed by atoms with Crippen molar-refractivity contribution >= 4 is 0 Å². The molecule has 0 fully saturated rings. The van der Waals surface area contributed by atoms with Crippen LogP contribution < -0.4 is 10.5 Å². The second-order valence-corrected chi connectivity index (χ2v) is 4.99. The van der Waals surface area contributed by atoms with Crippen molar-refractivity contribution in [1.29, 1.82) is 0 Å². The van der Waals surface area contributed by atoms with E-state index in [4.69, 9.17) is 15.6 Å². The molecule has 2 rings (SSSR count). The SMILES string of the molecule is CC1(C)CCc2cccc(C(N)CO)c2O1. The van der Waals surface area contributed by atoms with Crippen LogP contribution in [0.2, 0.25) is 0 Å². The van der Waals surface area contributed by atoms with Crippen LogP contribution in [0, 0.1) is 0 Å². The summed E-state index contributed by atoms with van der Waals surface area (Å²) in [5, 5.41) is 9.14. The fourth-order valence-electron chi connectivity index (χ4n) is 2.08. The van der Waals surface area contributed by atoms with E-state index in [2.05, 4.69) is 19.9 Å². The van der Waals surface area contributed by atoms with E-state index in [1.807, 2.05) is 12.1 Å². The van der Waals surface area contributed by atoms with Crippen LogP contribution in [0.4, 0.5) is 0 Å². The summed E-state index contributed by atoms with van der Waals surface area (Å²) in [6, 6.07) is 5.62. The molecule has 1 aromatic rings. The van der Waals surface area contributed by atoms with Crippen LogP contribution in [0.5, 0.6) is 5.75 Å². The molecule has 0 amide bonds. The van der Waals surface area contributed by atoms with Gasteiger partial charge < -0.3 is 15.6 Å². The molecular weight excluding hydrogens is 202 g/mol. The van der Waals surface area contributed by atoms with Crippen molar-refractivity contribution in [1.82, 2.24) is 0 Å². The standard InChI is InChI=1S/C13H19NO2/c1-13(2)7-6-9-4-3-5-10(11(14)8-15)12(9)16-13/h3-5,11,15H,6-8,14H2,1-2H3. The van der Waals surface area contributed by atoms with Crippen LogP contribution in [0.3, 0.4) is 0 Å². The van der Waals surface area contributed by atoms with Crippen LogP contribution in [-0.2, 0) is 6.42 Å². The summed E-state index contributed by atoms with van der Waals surface area (Å²) >= 11 is 0. The Morgan fingerprint density at radius 3 is 2.94 bits per heavy atom. The molecule has 1 aromatic carbocycles. The molecule has 88 valence electrons. The van der Waals surface area contributed by atoms with Crippen molar-refractivity contribution in [2.75, 3.05) is 6.61 Å². The molecule has 0 saturated carbocycles. The van der Waals surface area contributed by atoms with Crippen molar-refractivity contribution in [2.24, 2.45) is 5.73 Å². The Morgan fingerprint density at radius 2 is 2.25 bits per heavy atom. The zero-order chi connectivity index (χ0) is 11.8. The highest BCUT2D eigenvalue weighted by molar-refractivity contribution is 5.45. The van der Waals surface area contributed by atoms with Crippen molar-refractivity contribution in [2.45, 2.75) is 38.3 Å². The van der Waals surface area contributed by atoms with E-state index in [0.717, 1.165) is 24.2 Å². The summed E-state index contributed by atoms with van der Waals surface area (Å²) in [4.78, 5) is 0. The minimum absolute atomic E-state index is 0.0553. The lowest BCUT2D eigenvalue weighted by Gasteiger charge is -2.34. The molecule has 1 atom stereocenters. The Kier molecular flexibility index (Phi) is 2.91. The van der Waals surface area contributed by atoms with E-state index < -0.39 is 0 Å². The van der Waals surface area contributed by atoms with Gasteiger partial charge in [-0.25, -0.2) is 0 Å². The average Bonchev–Trinajstić information content (AvgIpc) is 2.26. The summed E-state index contributed by atoms with van der Waals surface area (Å²) in [5.41, 5.74) is 7.84. The molecule has 1 aliphatic heterocycles. The number of aryl methyl sites for hydroxylation is 1. The number of ether oxygens (including phenoxy) is 1. The molecule has 3 N–H and O–H groups in total. The molecule has 0 aromatic heterocycles. The highest BCUT2D eigenvalue weighted by Crippen LogP contribution is 2.37. The van der Waals surface area contributed by atoms with Gasteiger partial charge in [-0.3, -0.25) is 0 Å². The Morgan fingerprint density at radius 1 is 1.50 bits per heavy atom. The number of para-hydroxylation sites is 1. The largest absolute Gasteiger partial charge is 0.487 e. The van der Waals surface area contributed by atoms with Crippen molar-refractivity contribution in [3.63, 3.8) is 0 Å². The van der Waals surface area contributed by atoms with Gasteiger partial charge in [0.1, 0.15) is 11.4 Å². The molecule has 1 heterocycles. The average molecular weight is 221 g/mol. The Hall–Kier alpha value is -1.06. The second kappa shape index (κ2) is 4.07. The van der Waals surface area contributed by atoms with E-state index in [0.29, 0.717) is 0 Å². The molecule has 1 aliphatic rings. The van der Waals surface area contributed by atoms with Crippen LogP contribution in [0.25, 0.3) is 0 Å². The Bertz CT molecular complexity index is 388. The van der Waals surface area contributed by atoms with E-state index in [9.17, 15) is 0 Å². The fraction of sp³-hybridized carbons (Fsp3) is 0.538. The van der Waals surface area contributed by atoms with Gasteiger partial charge in [0.15, 0.2) is 0 Å². The third-order valence-electron chi connectivity index (χ3n) is 3.10. The van der Waals surface area contributed by atoms with E-state index >= 15 is 0 Å². The number of fused-ring (bicyclic) bond motifs is 1. The van der Waals surface area contributed by atoms with Gasteiger partial charge in [-0.2, -0.15) is 0 Å². The number of nitrogens with two attached hydrogens (primary N) is 1. The van der Waals surface area contributed by atoms with Crippen molar-refractivity contribution in [3.8, 4) is 5.75 Å². The summed E-state index contributed by atoms with van der Waals surface area (Å²) in [6.45, 7) is 4.11. The third kappa shape index (κ3) is 2.06. The topological polar surface area (TPSA) is 55.5 Å². The number of hydrogen-bond donors (Lipinski definition) is 2. The zero-order valence-corrected chi connectivity index (χ0v) is 9.86. The molecule has 0 radical (unpaired) electrons. The van der Waals surface area contributed by atoms with E-state index in [1.54, 1.807) is 0 Å². The summed E-state index contributed by atoms with van der Waals surface area (Å²) < 4.78 is 5.98. The molecular formula is C13H19NO2. The number of aliphatic hydroxyl groups excluding tert-OH is 1. The minimum atomic E-state index is -0.358. The monoisotopic (exact) mass is 221 g/mol. The van der Waals surface area contributed by atoms with Gasteiger partial charge in [0.05, 0.1) is 12.6 Å². The van der Waals surface area contributed by atoms with Crippen molar-refractivity contribution < 1.29 is 9.84 Å². The highest BCUT2D eigenvalue weighted by atomic mass is 16.5. The molecule has 3 nitrogen and oxygen atoms in total. The zero-order valence-electron chi connectivity index (χ0n) is 9.86. The first-order chi connectivity index (χ1) is 7.53. The summed E-state index contributed by atoms with van der Waals surface area (Å²) in [6.07, 6.45) is 2.02. The number of benzene rings is 1. The molecule has 0 bridgehead atoms. The van der Waals surface area contributed by atoms with Crippen molar-refractivity contribution in [3.05, 3.63) is 29.3 Å². The van der Waals surface area contributed by atoms with Crippen LogP contribution in [0.1, 0.15) is 37.4 Å². The third-order valence-corrected chi connectivity index (χ3v) is 3.10. The first-order valence-electron chi connectivity index (χ1n) is 5.71. The predicted octanol–water partition coefficient (Wildman–Crippen LogP) is 1.78. The van der Waals surface area contributed by atoms with Crippen LogP contribution >= 0.6 is 0 Å². The van der Waals surface area contributed by atoms with E-state index in [1.165, 1.54) is 5.56 Å². The molecule has 1 unspecified atom stereocenters. The highest BCUT2D eigenvalue weighted by Gasteiger charge is 2.29. The Balaban J connectivity index is 2.42. The van der Waals surface area contributed by atoms with Gasteiger partial charge in [0, 0.05) is 5.56 Å². The second-order valence-electron chi connectivity index (χ2n) is 4.99. The molecule has 16 heavy (non-hydrogen) atoms. The fourth-order valence-corrected chi connectivity index (χ4v) is 2.08. The minimum Gasteiger partial charge on any atom is -0.487 e. The molecule has 0 saturated heterocycles. The van der Waals surface area contributed by atoms with Gasteiger partial charge in [0.2, 0.25) is 0 Å². The van der Waals surface area contributed by atoms with E-state index in [-0.39, 0.29) is 18.2 Å². The van der Waals surface area contributed by atoms with Crippen LogP contribution in [0.15, 0.2) is 18.2 Å². The number of hydrogen-bond acceptors (Lipinski definition) is 3. The van der Waals surface area contributed by atoms with Gasteiger partial charge in [-0.15, -0.1) is 0 Å². The summed E-state index contributed by atoms with van der Waals surface area (Å²) in [5.74, 6) is 0.875. The molecule has 0 spiro atoms. The molecule has 0 aliphatic carbocycles. The summed E-state index contributed by atoms with van der Waals surface area (Å²) in [7, 11) is 0. The predicted molar refractivity (Wildman–Crippen MR) is 63.5 cm³/mol. The Labute approximate surface area is 96.2 Å². The smallest absolute Gasteiger partial charge is 0.128 e. The van der Waals surface area contributed by atoms with Gasteiger partial charge >= 0.3 is 0 Å². The maximum Gasteiger partial charge on any atom is 0.128 e. The molecule has 3 heteroatoms.